The van der Waals surface area contributed by atoms with Gasteiger partial charge in [0, 0.05) is 25.2 Å². The maximum atomic E-state index is 13.4. The molecule has 1 saturated heterocycles. The molecule has 0 saturated carbocycles. The largest absolute Gasteiger partial charge is 0.486 e. The first-order valence-corrected chi connectivity index (χ1v) is 9.49. The molecule has 0 radical (unpaired) electrons. The Balaban J connectivity index is 1.28. The minimum atomic E-state index is -0.243. The zero-order chi connectivity index (χ0) is 18.2. The number of fused-ring (bicyclic) bond motifs is 2. The Morgan fingerprint density at radius 3 is 2.96 bits per heavy atom. The number of likely N-dealkylation sites (tertiary alicyclic amines) is 1. The monoisotopic (exact) mass is 367 g/mol. The van der Waals surface area contributed by atoms with Crippen molar-refractivity contribution < 1.29 is 13.9 Å². The van der Waals surface area contributed by atoms with Gasteiger partial charge in [0.25, 0.3) is 0 Å². The van der Waals surface area contributed by atoms with E-state index in [1.165, 1.54) is 12.1 Å². The van der Waals surface area contributed by atoms with Crippen LogP contribution in [0.2, 0.25) is 0 Å². The van der Waals surface area contributed by atoms with Crippen LogP contribution in [0, 0.1) is 5.82 Å². The third kappa shape index (κ3) is 3.25. The molecule has 1 fully saturated rings. The predicted octanol–water partition coefficient (Wildman–Crippen LogP) is 3.65. The summed E-state index contributed by atoms with van der Waals surface area (Å²) in [6.07, 6.45) is 4.10. The highest BCUT2D eigenvalue weighted by molar-refractivity contribution is 5.75. The molecule has 6 heteroatoms. The lowest BCUT2D eigenvalue weighted by atomic mass is 10.0. The molecule has 0 amide bonds. The van der Waals surface area contributed by atoms with Crippen molar-refractivity contribution in [3.63, 3.8) is 0 Å². The Kier molecular flexibility index (Phi) is 4.20. The van der Waals surface area contributed by atoms with Gasteiger partial charge in [-0.1, -0.05) is 12.1 Å². The van der Waals surface area contributed by atoms with E-state index in [9.17, 15) is 4.39 Å². The van der Waals surface area contributed by atoms with Crippen LogP contribution in [0.4, 0.5) is 4.39 Å². The summed E-state index contributed by atoms with van der Waals surface area (Å²) in [6.45, 7) is 3.40. The second-order valence-electron chi connectivity index (χ2n) is 7.34. The summed E-state index contributed by atoms with van der Waals surface area (Å²) in [6, 6.07) is 13.0. The molecule has 5 nitrogen and oxygen atoms in total. The molecular formula is C21H22FN3O2. The number of hydrogen-bond acceptors (Lipinski definition) is 4. The van der Waals surface area contributed by atoms with Crippen molar-refractivity contribution in [2.24, 2.45) is 0 Å². The van der Waals surface area contributed by atoms with Gasteiger partial charge in [0.2, 0.25) is 0 Å². The van der Waals surface area contributed by atoms with Crippen molar-refractivity contribution in [1.29, 1.82) is 0 Å². The summed E-state index contributed by atoms with van der Waals surface area (Å²) in [7, 11) is 0. The van der Waals surface area contributed by atoms with Crippen LogP contribution in [-0.2, 0) is 0 Å². The maximum absolute atomic E-state index is 13.4. The highest BCUT2D eigenvalue weighted by atomic mass is 19.1. The van der Waals surface area contributed by atoms with Gasteiger partial charge in [-0.05, 0) is 43.7 Å². The van der Waals surface area contributed by atoms with Crippen molar-refractivity contribution in [2.45, 2.75) is 25.0 Å². The average molecular weight is 367 g/mol. The Labute approximate surface area is 157 Å². The maximum Gasteiger partial charge on any atom is 0.161 e. The van der Waals surface area contributed by atoms with Crippen LogP contribution in [0.15, 0.2) is 48.8 Å². The van der Waals surface area contributed by atoms with Crippen LogP contribution in [0.1, 0.15) is 18.9 Å². The molecular weight excluding hydrogens is 345 g/mol. The lowest BCUT2D eigenvalue weighted by Crippen LogP contribution is -2.45. The summed E-state index contributed by atoms with van der Waals surface area (Å²) in [5.41, 5.74) is 1.71. The Morgan fingerprint density at radius 1 is 1.15 bits per heavy atom. The first-order chi connectivity index (χ1) is 13.3. The molecule has 0 aliphatic carbocycles. The summed E-state index contributed by atoms with van der Waals surface area (Å²) in [5.74, 6) is 1.40. The summed E-state index contributed by atoms with van der Waals surface area (Å²) in [5, 5.41) is 0. The van der Waals surface area contributed by atoms with E-state index >= 15 is 0 Å². The van der Waals surface area contributed by atoms with E-state index < -0.39 is 0 Å². The van der Waals surface area contributed by atoms with Gasteiger partial charge in [-0.25, -0.2) is 9.37 Å². The summed E-state index contributed by atoms with van der Waals surface area (Å²) < 4.78 is 27.6. The Hall–Kier alpha value is -2.60. The highest BCUT2D eigenvalue weighted by Gasteiger charge is 2.27. The van der Waals surface area contributed by atoms with Crippen LogP contribution in [0.25, 0.3) is 11.0 Å². The smallest absolute Gasteiger partial charge is 0.161 e. The van der Waals surface area contributed by atoms with E-state index in [0.29, 0.717) is 18.2 Å². The summed E-state index contributed by atoms with van der Waals surface area (Å²) >= 11 is 0. The first-order valence-electron chi connectivity index (χ1n) is 9.49. The molecule has 2 aromatic carbocycles. The van der Waals surface area contributed by atoms with E-state index in [1.807, 2.05) is 36.7 Å². The van der Waals surface area contributed by atoms with Gasteiger partial charge < -0.3 is 14.0 Å². The fourth-order valence-corrected chi connectivity index (χ4v) is 4.16. The quantitative estimate of drug-likeness (QED) is 0.708. The van der Waals surface area contributed by atoms with Crippen molar-refractivity contribution in [2.75, 3.05) is 26.2 Å². The SMILES string of the molecule is Fc1ccc2c(c1)ncn2[C@H]1CCCN(C[C@H]2COc3ccccc3O2)C1. The van der Waals surface area contributed by atoms with Gasteiger partial charge in [-0.15, -0.1) is 0 Å². The molecule has 2 atom stereocenters. The standard InChI is InChI=1S/C21H22FN3O2/c22-15-7-8-19-18(10-15)23-14-25(19)16-4-3-9-24(11-16)12-17-13-26-20-5-1-2-6-21(20)27-17/h1-2,5-8,10,14,16-17H,3-4,9,11-13H2/t16-,17-/m0/s1. The zero-order valence-electron chi connectivity index (χ0n) is 15.1. The fraction of sp³-hybridized carbons (Fsp3) is 0.381. The normalized spacial score (nSPS) is 22.9. The third-order valence-corrected chi connectivity index (χ3v) is 5.44. The van der Waals surface area contributed by atoms with E-state index in [-0.39, 0.29) is 11.9 Å². The number of benzene rings is 2. The Morgan fingerprint density at radius 2 is 2.04 bits per heavy atom. The summed E-state index contributed by atoms with van der Waals surface area (Å²) in [4.78, 5) is 6.82. The predicted molar refractivity (Wildman–Crippen MR) is 101 cm³/mol. The molecule has 27 heavy (non-hydrogen) atoms. The van der Waals surface area contributed by atoms with Gasteiger partial charge >= 0.3 is 0 Å². The van der Waals surface area contributed by atoms with E-state index in [2.05, 4.69) is 14.5 Å². The van der Waals surface area contributed by atoms with Crippen LogP contribution in [0.3, 0.4) is 0 Å². The van der Waals surface area contributed by atoms with Crippen molar-refractivity contribution in [1.82, 2.24) is 14.5 Å². The lowest BCUT2D eigenvalue weighted by molar-refractivity contribution is 0.0464. The molecule has 0 bridgehead atoms. The van der Waals surface area contributed by atoms with E-state index in [1.54, 1.807) is 0 Å². The van der Waals surface area contributed by atoms with Crippen LogP contribution >= 0.6 is 0 Å². The second kappa shape index (κ2) is 6.85. The minimum Gasteiger partial charge on any atom is -0.486 e. The number of rotatable bonds is 3. The van der Waals surface area contributed by atoms with Crippen LogP contribution in [0.5, 0.6) is 11.5 Å². The number of halogens is 1. The number of aromatic nitrogens is 2. The molecule has 0 spiro atoms. The van der Waals surface area contributed by atoms with Crippen LogP contribution < -0.4 is 9.47 Å². The van der Waals surface area contributed by atoms with Gasteiger partial charge in [0.05, 0.1) is 17.4 Å². The number of imidazole rings is 1. The first kappa shape index (κ1) is 16.6. The minimum absolute atomic E-state index is 0.0345. The Bertz CT molecular complexity index is 958. The average Bonchev–Trinajstić information content (AvgIpc) is 3.11. The van der Waals surface area contributed by atoms with Gasteiger partial charge in [-0.2, -0.15) is 0 Å². The van der Waals surface area contributed by atoms with E-state index in [4.69, 9.17) is 9.47 Å². The third-order valence-electron chi connectivity index (χ3n) is 5.44. The molecule has 3 aromatic rings. The zero-order valence-corrected chi connectivity index (χ0v) is 15.1. The lowest BCUT2D eigenvalue weighted by Gasteiger charge is -2.36. The molecule has 5 rings (SSSR count). The molecule has 2 aliphatic rings. The topological polar surface area (TPSA) is 39.5 Å². The molecule has 1 aromatic heterocycles. The molecule has 0 unspecified atom stereocenters. The van der Waals surface area contributed by atoms with Gasteiger partial charge in [0.1, 0.15) is 18.5 Å². The molecule has 0 N–H and O–H groups in total. The number of ether oxygens (including phenoxy) is 2. The van der Waals surface area contributed by atoms with Crippen molar-refractivity contribution in [3.05, 3.63) is 54.6 Å². The van der Waals surface area contributed by atoms with Crippen molar-refractivity contribution >= 4 is 11.0 Å². The second-order valence-corrected chi connectivity index (χ2v) is 7.34. The number of nitrogens with zero attached hydrogens (tertiary/aromatic N) is 3. The molecule has 2 aliphatic heterocycles. The van der Waals surface area contributed by atoms with Crippen LogP contribution in [-0.4, -0.2) is 46.8 Å². The van der Waals surface area contributed by atoms with Gasteiger partial charge in [-0.3, -0.25) is 4.90 Å². The number of piperidine rings is 1. The number of hydrogen-bond donors (Lipinski definition) is 0. The molecule has 140 valence electrons. The number of para-hydroxylation sites is 2. The van der Waals surface area contributed by atoms with Gasteiger partial charge in [0.15, 0.2) is 11.5 Å². The van der Waals surface area contributed by atoms with Crippen molar-refractivity contribution in [3.8, 4) is 11.5 Å². The molecule has 3 heterocycles. The van der Waals surface area contributed by atoms with E-state index in [0.717, 1.165) is 49.5 Å². The fourth-order valence-electron chi connectivity index (χ4n) is 4.16. The highest BCUT2D eigenvalue weighted by Crippen LogP contribution is 2.32.